The molecule has 0 bridgehead atoms. The molecular formula is C27H21BrN6O4. The Bertz CT molecular complexity index is 1580. The van der Waals surface area contributed by atoms with Crippen LogP contribution in [0, 0.1) is 11.3 Å². The lowest BCUT2D eigenvalue weighted by molar-refractivity contribution is -0.118. The van der Waals surface area contributed by atoms with Gasteiger partial charge in [0.25, 0.3) is 11.5 Å². The number of methoxy groups -OCH3 is 1. The van der Waals surface area contributed by atoms with Crippen molar-refractivity contribution in [1.82, 2.24) is 9.97 Å². The average Bonchev–Trinajstić information content (AvgIpc) is 2.93. The van der Waals surface area contributed by atoms with Crippen molar-refractivity contribution < 1.29 is 14.3 Å². The Kier molecular flexibility index (Phi) is 8.48. The number of ether oxygens (including phenoxy) is 2. The molecule has 0 fully saturated rings. The number of amides is 1. The summed E-state index contributed by atoms with van der Waals surface area (Å²) in [6.07, 6.45) is 1.46. The summed E-state index contributed by atoms with van der Waals surface area (Å²) in [7, 11) is 1.52. The highest BCUT2D eigenvalue weighted by Crippen LogP contribution is 2.24. The van der Waals surface area contributed by atoms with Crippen molar-refractivity contribution >= 4 is 39.7 Å². The van der Waals surface area contributed by atoms with E-state index in [2.05, 4.69) is 41.7 Å². The number of nitrogens with zero attached hydrogens (tertiary/aromatic N) is 3. The number of halogens is 1. The van der Waals surface area contributed by atoms with Crippen molar-refractivity contribution in [2.24, 2.45) is 5.10 Å². The van der Waals surface area contributed by atoms with E-state index in [1.54, 1.807) is 66.7 Å². The van der Waals surface area contributed by atoms with Crippen molar-refractivity contribution in [3.8, 4) is 28.8 Å². The molecule has 0 aliphatic rings. The van der Waals surface area contributed by atoms with Gasteiger partial charge in [-0.25, -0.2) is 10.4 Å². The van der Waals surface area contributed by atoms with Crippen LogP contribution in [-0.2, 0) is 4.79 Å². The van der Waals surface area contributed by atoms with E-state index in [4.69, 9.17) is 9.47 Å². The Balaban J connectivity index is 1.48. The van der Waals surface area contributed by atoms with Crippen LogP contribution in [0.5, 0.6) is 11.5 Å². The highest BCUT2D eigenvalue weighted by molar-refractivity contribution is 9.10. The molecule has 38 heavy (non-hydrogen) atoms. The average molecular weight is 573 g/mol. The largest absolute Gasteiger partial charge is 0.495 e. The second kappa shape index (κ2) is 12.3. The summed E-state index contributed by atoms with van der Waals surface area (Å²) >= 11 is 3.41. The molecule has 3 N–H and O–H groups in total. The first kappa shape index (κ1) is 26.1. The van der Waals surface area contributed by atoms with Gasteiger partial charge >= 0.3 is 0 Å². The van der Waals surface area contributed by atoms with Crippen LogP contribution in [0.3, 0.4) is 0 Å². The molecule has 0 aliphatic heterocycles. The number of anilines is 2. The molecule has 0 aliphatic carbocycles. The molecule has 11 heteroatoms. The summed E-state index contributed by atoms with van der Waals surface area (Å²) in [5.41, 5.74) is 3.94. The summed E-state index contributed by atoms with van der Waals surface area (Å²) in [6.45, 7) is -0.251. The first-order valence-electron chi connectivity index (χ1n) is 11.2. The minimum atomic E-state index is -0.591. The standard InChI is InChI=1S/C27H21BrN6O4/c1-37-23-10-6-5-9-21(23)31-24(35)16-38-22-12-11-19(28)13-18(22)15-30-34-27-32-25(17-7-3-2-4-8-17)20(14-29)26(36)33-27/h2-13,15H,16H2,1H3,(H,31,35)(H2,32,33,34,36). The van der Waals surface area contributed by atoms with Gasteiger partial charge in [0.1, 0.15) is 23.1 Å². The minimum Gasteiger partial charge on any atom is -0.495 e. The van der Waals surface area contributed by atoms with E-state index in [-0.39, 0.29) is 29.7 Å². The van der Waals surface area contributed by atoms with E-state index in [1.807, 2.05) is 12.1 Å². The molecule has 4 rings (SSSR count). The van der Waals surface area contributed by atoms with E-state index >= 15 is 0 Å². The molecule has 0 spiro atoms. The molecule has 0 atom stereocenters. The third kappa shape index (κ3) is 6.43. The second-order valence-corrected chi connectivity index (χ2v) is 8.62. The molecule has 0 radical (unpaired) electrons. The smallest absolute Gasteiger partial charge is 0.270 e. The predicted molar refractivity (Wildman–Crippen MR) is 147 cm³/mol. The number of hydrazone groups is 1. The van der Waals surface area contributed by atoms with Crippen molar-refractivity contribution in [3.05, 3.63) is 98.7 Å². The van der Waals surface area contributed by atoms with Gasteiger partial charge in [0.05, 0.1) is 24.7 Å². The van der Waals surface area contributed by atoms with Gasteiger partial charge in [-0.05, 0) is 30.3 Å². The van der Waals surface area contributed by atoms with Gasteiger partial charge in [0.2, 0.25) is 5.95 Å². The fourth-order valence-corrected chi connectivity index (χ4v) is 3.81. The second-order valence-electron chi connectivity index (χ2n) is 7.71. The van der Waals surface area contributed by atoms with Gasteiger partial charge in [0.15, 0.2) is 6.61 Å². The third-order valence-electron chi connectivity index (χ3n) is 5.16. The Morgan fingerprint density at radius 1 is 1.13 bits per heavy atom. The lowest BCUT2D eigenvalue weighted by Gasteiger charge is -2.12. The SMILES string of the molecule is COc1ccccc1NC(=O)COc1ccc(Br)cc1C=NNc1nc(-c2ccccc2)c(C#N)c(=O)[nH]1. The van der Waals surface area contributed by atoms with Crippen LogP contribution in [0.2, 0.25) is 0 Å². The third-order valence-corrected chi connectivity index (χ3v) is 5.66. The van der Waals surface area contributed by atoms with Crippen LogP contribution in [0.4, 0.5) is 11.6 Å². The molecule has 1 amide bonds. The van der Waals surface area contributed by atoms with Crippen LogP contribution in [0.25, 0.3) is 11.3 Å². The molecule has 1 heterocycles. The molecule has 190 valence electrons. The fraction of sp³-hybridized carbons (Fsp3) is 0.0741. The first-order valence-corrected chi connectivity index (χ1v) is 12.0. The minimum absolute atomic E-state index is 0.0535. The monoisotopic (exact) mass is 572 g/mol. The maximum absolute atomic E-state index is 12.5. The molecule has 0 saturated carbocycles. The van der Waals surface area contributed by atoms with Crippen LogP contribution in [0.1, 0.15) is 11.1 Å². The van der Waals surface area contributed by atoms with Crippen LogP contribution in [-0.4, -0.2) is 35.8 Å². The number of para-hydroxylation sites is 2. The molecule has 10 nitrogen and oxygen atoms in total. The van der Waals surface area contributed by atoms with E-state index in [0.717, 1.165) is 4.47 Å². The molecule has 3 aromatic carbocycles. The quantitative estimate of drug-likeness (QED) is 0.197. The molecular weight excluding hydrogens is 552 g/mol. The van der Waals surface area contributed by atoms with E-state index < -0.39 is 5.56 Å². The first-order chi connectivity index (χ1) is 18.5. The van der Waals surface area contributed by atoms with Gasteiger partial charge < -0.3 is 14.8 Å². The maximum Gasteiger partial charge on any atom is 0.270 e. The Labute approximate surface area is 226 Å². The summed E-state index contributed by atoms with van der Waals surface area (Å²) in [5, 5.41) is 16.3. The summed E-state index contributed by atoms with van der Waals surface area (Å²) in [4.78, 5) is 31.7. The van der Waals surface area contributed by atoms with Gasteiger partial charge in [0, 0.05) is 15.6 Å². The number of H-pyrrole nitrogens is 1. The Hall–Kier alpha value is -4.95. The maximum atomic E-state index is 12.5. The number of aromatic amines is 1. The fourth-order valence-electron chi connectivity index (χ4n) is 3.43. The highest BCUT2D eigenvalue weighted by atomic mass is 79.9. The number of nitrogens with one attached hydrogen (secondary N) is 3. The van der Waals surface area contributed by atoms with E-state index in [1.165, 1.54) is 13.3 Å². The zero-order valence-corrected chi connectivity index (χ0v) is 21.7. The zero-order valence-electron chi connectivity index (χ0n) is 20.1. The molecule has 0 unspecified atom stereocenters. The molecule has 0 saturated heterocycles. The number of rotatable bonds is 9. The van der Waals surface area contributed by atoms with Gasteiger partial charge in [-0.2, -0.15) is 10.4 Å². The molecule has 1 aromatic heterocycles. The van der Waals surface area contributed by atoms with Gasteiger partial charge in [-0.1, -0.05) is 58.4 Å². The number of aromatic nitrogens is 2. The van der Waals surface area contributed by atoms with Crippen LogP contribution >= 0.6 is 15.9 Å². The lowest BCUT2D eigenvalue weighted by Crippen LogP contribution is -2.20. The number of benzene rings is 3. The lowest BCUT2D eigenvalue weighted by atomic mass is 10.1. The number of carbonyl (C=O) groups excluding carboxylic acids is 1. The van der Waals surface area contributed by atoms with Gasteiger partial charge in [-0.15, -0.1) is 0 Å². The van der Waals surface area contributed by atoms with E-state index in [9.17, 15) is 14.9 Å². The summed E-state index contributed by atoms with van der Waals surface area (Å²) in [6, 6.07) is 23.1. The van der Waals surface area contributed by atoms with Crippen molar-refractivity contribution in [3.63, 3.8) is 0 Å². The van der Waals surface area contributed by atoms with Crippen molar-refractivity contribution in [2.45, 2.75) is 0 Å². The number of nitriles is 1. The van der Waals surface area contributed by atoms with E-state index in [0.29, 0.717) is 28.3 Å². The van der Waals surface area contributed by atoms with Crippen molar-refractivity contribution in [1.29, 1.82) is 5.26 Å². The topological polar surface area (TPSA) is 141 Å². The van der Waals surface area contributed by atoms with Crippen LogP contribution < -0.4 is 25.8 Å². The Morgan fingerprint density at radius 2 is 1.89 bits per heavy atom. The number of hydrogen-bond acceptors (Lipinski definition) is 8. The summed E-state index contributed by atoms with van der Waals surface area (Å²) in [5.74, 6) is 0.623. The normalized spacial score (nSPS) is 10.6. The summed E-state index contributed by atoms with van der Waals surface area (Å²) < 4.78 is 11.7. The number of hydrogen-bond donors (Lipinski definition) is 3. The van der Waals surface area contributed by atoms with Crippen LogP contribution in [0.15, 0.2) is 87.2 Å². The number of carbonyl (C=O) groups is 1. The Morgan fingerprint density at radius 3 is 2.66 bits per heavy atom. The predicted octanol–water partition coefficient (Wildman–Crippen LogP) is 4.54. The van der Waals surface area contributed by atoms with Crippen molar-refractivity contribution in [2.75, 3.05) is 24.5 Å². The highest BCUT2D eigenvalue weighted by Gasteiger charge is 2.13. The molecule has 4 aromatic rings. The zero-order chi connectivity index (χ0) is 26.9. The van der Waals surface area contributed by atoms with Gasteiger partial charge in [-0.3, -0.25) is 14.6 Å².